The smallest absolute Gasteiger partial charge is 0.0125 e. The minimum atomic E-state index is 0.373. The lowest BCUT2D eigenvalue weighted by Crippen LogP contribution is -2.66. The molecule has 0 aromatic carbocycles. The molecule has 2 saturated heterocycles. The summed E-state index contributed by atoms with van der Waals surface area (Å²) in [6.45, 7) is 20.0. The summed E-state index contributed by atoms with van der Waals surface area (Å²) in [5, 5.41) is 0. The molecule has 0 unspecified atom stereocenters. The highest BCUT2D eigenvalue weighted by atomic mass is 15.3. The summed E-state index contributed by atoms with van der Waals surface area (Å²) >= 11 is 0. The summed E-state index contributed by atoms with van der Waals surface area (Å²) in [7, 11) is 0. The van der Waals surface area contributed by atoms with Gasteiger partial charge in [0.05, 0.1) is 0 Å². The molecule has 2 saturated carbocycles. The largest absolute Gasteiger partial charge is 0.299 e. The van der Waals surface area contributed by atoms with Gasteiger partial charge in [0.2, 0.25) is 0 Å². The molecule has 0 N–H and O–H groups in total. The van der Waals surface area contributed by atoms with Gasteiger partial charge >= 0.3 is 0 Å². The van der Waals surface area contributed by atoms with E-state index >= 15 is 0 Å². The molecule has 0 atom stereocenters. The van der Waals surface area contributed by atoms with Crippen molar-refractivity contribution in [2.24, 2.45) is 22.2 Å². The van der Waals surface area contributed by atoms with Gasteiger partial charge < -0.3 is 0 Å². The van der Waals surface area contributed by atoms with Gasteiger partial charge in [-0.05, 0) is 94.3 Å². The highest BCUT2D eigenvalue weighted by Gasteiger charge is 2.52. The molecule has 26 heavy (non-hydrogen) atoms. The van der Waals surface area contributed by atoms with E-state index in [4.69, 9.17) is 0 Å². The molecule has 2 spiro atoms. The Kier molecular flexibility index (Phi) is 4.60. The van der Waals surface area contributed by atoms with Crippen LogP contribution in [0.3, 0.4) is 0 Å². The van der Waals surface area contributed by atoms with E-state index in [2.05, 4.69) is 51.3 Å². The molecule has 2 nitrogen and oxygen atoms in total. The van der Waals surface area contributed by atoms with E-state index in [1.165, 1.54) is 77.5 Å². The third-order valence-corrected chi connectivity index (χ3v) is 8.88. The van der Waals surface area contributed by atoms with E-state index in [9.17, 15) is 0 Å². The Labute approximate surface area is 163 Å². The van der Waals surface area contributed by atoms with Crippen molar-refractivity contribution in [3.05, 3.63) is 0 Å². The van der Waals surface area contributed by atoms with Crippen LogP contribution in [0.1, 0.15) is 92.9 Å². The van der Waals surface area contributed by atoms with Crippen molar-refractivity contribution in [1.29, 1.82) is 0 Å². The van der Waals surface area contributed by atoms with Crippen LogP contribution in [0.2, 0.25) is 0 Å². The maximum absolute atomic E-state index is 2.88. The number of hydrogen-bond acceptors (Lipinski definition) is 2. The van der Waals surface area contributed by atoms with Gasteiger partial charge in [-0.15, -0.1) is 0 Å². The number of likely N-dealkylation sites (tertiary alicyclic amines) is 2. The van der Waals surface area contributed by atoms with Crippen LogP contribution in [0, 0.1) is 22.2 Å². The van der Waals surface area contributed by atoms with Gasteiger partial charge in [-0.2, -0.15) is 0 Å². The van der Waals surface area contributed by atoms with Crippen molar-refractivity contribution in [3.63, 3.8) is 0 Å². The second-order valence-electron chi connectivity index (χ2n) is 12.8. The molecule has 4 aliphatic rings. The van der Waals surface area contributed by atoms with Crippen molar-refractivity contribution < 1.29 is 0 Å². The Balaban J connectivity index is 1.21. The molecule has 2 heterocycles. The van der Waals surface area contributed by atoms with Gasteiger partial charge in [-0.3, -0.25) is 9.80 Å². The molecule has 4 rings (SSSR count). The third-order valence-electron chi connectivity index (χ3n) is 8.88. The summed E-state index contributed by atoms with van der Waals surface area (Å²) in [5.41, 5.74) is 2.30. The van der Waals surface area contributed by atoms with Crippen LogP contribution in [-0.2, 0) is 0 Å². The Morgan fingerprint density at radius 2 is 1.12 bits per heavy atom. The van der Waals surface area contributed by atoms with Crippen LogP contribution in [0.4, 0.5) is 0 Å². The Hall–Kier alpha value is -0.0800. The quantitative estimate of drug-likeness (QED) is 0.603. The van der Waals surface area contributed by atoms with Crippen molar-refractivity contribution in [1.82, 2.24) is 9.80 Å². The van der Waals surface area contributed by atoms with E-state index in [-0.39, 0.29) is 0 Å². The molecule has 2 aliphatic carbocycles. The highest BCUT2D eigenvalue weighted by molar-refractivity contribution is 5.06. The van der Waals surface area contributed by atoms with E-state index in [1.807, 2.05) is 0 Å². The molecular weight excluding hydrogens is 316 g/mol. The average Bonchev–Trinajstić information content (AvgIpc) is 2.49. The Morgan fingerprint density at radius 1 is 0.654 bits per heavy atom. The molecule has 2 aliphatic heterocycles. The second-order valence-corrected chi connectivity index (χ2v) is 12.8. The first-order chi connectivity index (χ1) is 12.0. The predicted molar refractivity (Wildman–Crippen MR) is 111 cm³/mol. The summed E-state index contributed by atoms with van der Waals surface area (Å²) in [4.78, 5) is 5.57. The molecule has 0 radical (unpaired) electrons. The lowest BCUT2D eigenvalue weighted by molar-refractivity contribution is -0.116. The molecule has 150 valence electrons. The van der Waals surface area contributed by atoms with Crippen LogP contribution >= 0.6 is 0 Å². The molecule has 0 amide bonds. The molecule has 0 aromatic heterocycles. The zero-order valence-electron chi connectivity index (χ0n) is 18.5. The molecule has 2 heteroatoms. The van der Waals surface area contributed by atoms with E-state index in [1.54, 1.807) is 0 Å². The fraction of sp³-hybridized carbons (Fsp3) is 1.00. The predicted octanol–water partition coefficient (Wildman–Crippen LogP) is 5.57. The van der Waals surface area contributed by atoms with Crippen molar-refractivity contribution >= 4 is 0 Å². The molecule has 4 fully saturated rings. The van der Waals surface area contributed by atoms with Crippen molar-refractivity contribution in [2.75, 3.05) is 26.2 Å². The first kappa shape index (κ1) is 19.2. The zero-order chi connectivity index (χ0) is 18.8. The normalized spacial score (nSPS) is 33.2. The standard InChI is InChI=1S/C24H44N2/c1-21(2,3)19-7-11-23(12-8-19)15-25(16-23)20-9-13-24(14-10-20)17-26(18-24)22(4,5)6/h19-20H,7-18H2,1-6H3. The Morgan fingerprint density at radius 3 is 1.58 bits per heavy atom. The van der Waals surface area contributed by atoms with Gasteiger partial charge in [0, 0.05) is 37.8 Å². The number of hydrogen-bond donors (Lipinski definition) is 0. The summed E-state index contributed by atoms with van der Waals surface area (Å²) in [5.74, 6) is 0.959. The van der Waals surface area contributed by atoms with Gasteiger partial charge in [0.25, 0.3) is 0 Å². The average molecular weight is 361 g/mol. The topological polar surface area (TPSA) is 6.48 Å². The molecule has 0 bridgehead atoms. The third kappa shape index (κ3) is 3.50. The maximum atomic E-state index is 2.88. The van der Waals surface area contributed by atoms with Gasteiger partial charge in [-0.25, -0.2) is 0 Å². The monoisotopic (exact) mass is 360 g/mol. The van der Waals surface area contributed by atoms with Crippen molar-refractivity contribution in [3.8, 4) is 0 Å². The van der Waals surface area contributed by atoms with Crippen LogP contribution in [0.15, 0.2) is 0 Å². The maximum Gasteiger partial charge on any atom is 0.0125 e. The fourth-order valence-corrected chi connectivity index (χ4v) is 6.62. The van der Waals surface area contributed by atoms with E-state index in [0.29, 0.717) is 16.4 Å². The molecule has 0 aromatic rings. The van der Waals surface area contributed by atoms with Gasteiger partial charge in [0.15, 0.2) is 0 Å². The van der Waals surface area contributed by atoms with E-state index in [0.717, 1.165) is 17.4 Å². The summed E-state index contributed by atoms with van der Waals surface area (Å²) in [6, 6.07) is 0.912. The number of rotatable bonds is 1. The van der Waals surface area contributed by atoms with Crippen LogP contribution < -0.4 is 0 Å². The second kappa shape index (κ2) is 6.21. The zero-order valence-corrected chi connectivity index (χ0v) is 18.5. The SMILES string of the molecule is CC(C)(C)C1CCC2(CC1)CN(C1CCC3(CC1)CN(C(C)(C)C)C3)C2. The van der Waals surface area contributed by atoms with E-state index < -0.39 is 0 Å². The van der Waals surface area contributed by atoms with Gasteiger partial charge in [0.1, 0.15) is 0 Å². The van der Waals surface area contributed by atoms with Crippen molar-refractivity contribution in [2.45, 2.75) is 104 Å². The first-order valence-electron chi connectivity index (χ1n) is 11.5. The van der Waals surface area contributed by atoms with Crippen LogP contribution in [-0.4, -0.2) is 47.6 Å². The fourth-order valence-electron chi connectivity index (χ4n) is 6.62. The lowest BCUT2D eigenvalue weighted by Gasteiger charge is -2.61. The molecular formula is C24H44N2. The summed E-state index contributed by atoms with van der Waals surface area (Å²) in [6.07, 6.45) is 11.9. The highest BCUT2D eigenvalue weighted by Crippen LogP contribution is 2.52. The number of nitrogens with zero attached hydrogens (tertiary/aromatic N) is 2. The first-order valence-corrected chi connectivity index (χ1v) is 11.5. The summed E-state index contributed by atoms with van der Waals surface area (Å²) < 4.78 is 0. The minimum Gasteiger partial charge on any atom is -0.299 e. The van der Waals surface area contributed by atoms with Crippen LogP contribution in [0.25, 0.3) is 0 Å². The van der Waals surface area contributed by atoms with Gasteiger partial charge in [-0.1, -0.05) is 20.8 Å². The lowest BCUT2D eigenvalue weighted by atomic mass is 9.60. The minimum absolute atomic E-state index is 0.373. The Bertz CT molecular complexity index is 491. The van der Waals surface area contributed by atoms with Crippen LogP contribution in [0.5, 0.6) is 0 Å².